The zero-order chi connectivity index (χ0) is 6.57. The van der Waals surface area contributed by atoms with Gasteiger partial charge in [0.2, 0.25) is 0 Å². The number of hydrogen-bond acceptors (Lipinski definition) is 4. The summed E-state index contributed by atoms with van der Waals surface area (Å²) >= 11 is 0. The molecule has 0 atom stereocenters. The smallest absolute Gasteiger partial charge is 1.00 e. The third kappa shape index (κ3) is 7.05. The minimum Gasteiger partial charge on any atom is -1.00 e. The van der Waals surface area contributed by atoms with Crippen molar-refractivity contribution in [2.45, 2.75) is 13.8 Å². The summed E-state index contributed by atoms with van der Waals surface area (Å²) in [5, 5.41) is 21.6. The summed E-state index contributed by atoms with van der Waals surface area (Å²) < 4.78 is 0. The van der Waals surface area contributed by atoms with Crippen molar-refractivity contribution in [3.8, 4) is 0 Å². The summed E-state index contributed by atoms with van der Waals surface area (Å²) in [4.78, 5) is 0. The SMILES string of the molecule is CC(=N/O)/C(C)=N\O.[H-].[H-].[Na+].[Na+]. The average molecular weight is 164 g/mol. The van der Waals surface area contributed by atoms with E-state index in [2.05, 4.69) is 10.3 Å². The molecule has 0 heterocycles. The molecule has 0 bridgehead atoms. The van der Waals surface area contributed by atoms with E-state index in [-0.39, 0.29) is 62.0 Å². The van der Waals surface area contributed by atoms with E-state index in [0.29, 0.717) is 11.4 Å². The van der Waals surface area contributed by atoms with Gasteiger partial charge in [-0.2, -0.15) is 0 Å². The first-order chi connectivity index (χ1) is 3.72. The first-order valence-electron chi connectivity index (χ1n) is 2.10. The fourth-order valence-electron chi connectivity index (χ4n) is 0.145. The summed E-state index contributed by atoms with van der Waals surface area (Å²) in [5.74, 6) is 0. The monoisotopic (exact) mass is 164 g/mol. The van der Waals surface area contributed by atoms with Crippen molar-refractivity contribution in [2.75, 3.05) is 0 Å². The molecule has 0 spiro atoms. The molecule has 4 nitrogen and oxygen atoms in total. The van der Waals surface area contributed by atoms with E-state index in [0.717, 1.165) is 0 Å². The fraction of sp³-hybridized carbons (Fsp3) is 0.500. The summed E-state index contributed by atoms with van der Waals surface area (Å²) in [6.45, 7) is 3.07. The van der Waals surface area contributed by atoms with Crippen molar-refractivity contribution < 1.29 is 72.4 Å². The van der Waals surface area contributed by atoms with E-state index in [1.165, 1.54) is 13.8 Å². The first kappa shape index (κ1) is 17.1. The number of nitrogens with zero attached hydrogens (tertiary/aromatic N) is 2. The molecular weight excluding hydrogens is 154 g/mol. The van der Waals surface area contributed by atoms with Crippen LogP contribution in [-0.4, -0.2) is 21.8 Å². The molecule has 2 N–H and O–H groups in total. The van der Waals surface area contributed by atoms with E-state index < -0.39 is 0 Å². The summed E-state index contributed by atoms with van der Waals surface area (Å²) in [5.41, 5.74) is 0.625. The molecule has 0 aromatic rings. The van der Waals surface area contributed by atoms with Gasteiger partial charge in [0, 0.05) is 0 Å². The minimum absolute atomic E-state index is 0. The van der Waals surface area contributed by atoms with E-state index >= 15 is 0 Å². The van der Waals surface area contributed by atoms with Gasteiger partial charge in [0.25, 0.3) is 0 Å². The molecule has 0 saturated carbocycles. The molecule has 50 valence electrons. The van der Waals surface area contributed by atoms with Gasteiger partial charge >= 0.3 is 59.1 Å². The number of oxime groups is 2. The van der Waals surface area contributed by atoms with Gasteiger partial charge in [0.1, 0.15) is 11.4 Å². The molecule has 10 heavy (non-hydrogen) atoms. The maximum absolute atomic E-state index is 8.03. The van der Waals surface area contributed by atoms with Gasteiger partial charge in [-0.1, -0.05) is 10.3 Å². The third-order valence-corrected chi connectivity index (χ3v) is 0.824. The Morgan fingerprint density at radius 2 is 1.20 bits per heavy atom. The van der Waals surface area contributed by atoms with Crippen LogP contribution in [0.1, 0.15) is 16.7 Å². The summed E-state index contributed by atoms with van der Waals surface area (Å²) in [7, 11) is 0. The van der Waals surface area contributed by atoms with E-state index in [4.69, 9.17) is 10.4 Å². The zero-order valence-electron chi connectivity index (χ0n) is 8.79. The largest absolute Gasteiger partial charge is 1.00 e. The molecule has 0 fully saturated rings. The van der Waals surface area contributed by atoms with Crippen LogP contribution in [0.3, 0.4) is 0 Å². The van der Waals surface area contributed by atoms with Gasteiger partial charge in [-0.25, -0.2) is 0 Å². The molecule has 0 unspecified atom stereocenters. The van der Waals surface area contributed by atoms with Crippen molar-refractivity contribution in [3.05, 3.63) is 0 Å². The Labute approximate surface area is 107 Å². The van der Waals surface area contributed by atoms with Crippen molar-refractivity contribution in [1.29, 1.82) is 0 Å². The summed E-state index contributed by atoms with van der Waals surface area (Å²) in [6, 6.07) is 0. The molecule has 6 heteroatoms. The standard InChI is InChI=1S/C4H8N2O2.2Na.2H/c1-3(5-7)4(2)6-8;;;;/h7-8H,1-2H3;;;;/q;2*+1;2*-1/b5-3-,6-4-;;;;. The van der Waals surface area contributed by atoms with Gasteiger partial charge in [0.15, 0.2) is 0 Å². The molecule has 0 aliphatic heterocycles. The molecule has 0 aliphatic rings. The second-order valence-electron chi connectivity index (χ2n) is 1.37. The maximum atomic E-state index is 8.03. The van der Waals surface area contributed by atoms with Gasteiger partial charge in [-0.15, -0.1) is 0 Å². The van der Waals surface area contributed by atoms with Crippen LogP contribution in [0.4, 0.5) is 0 Å². The molecule has 0 aliphatic carbocycles. The first-order valence-corrected chi connectivity index (χ1v) is 2.10. The van der Waals surface area contributed by atoms with Crippen LogP contribution in [0.5, 0.6) is 0 Å². The Hall–Kier alpha value is 0.940. The molecule has 0 aromatic carbocycles. The number of hydrogen-bond donors (Lipinski definition) is 2. The topological polar surface area (TPSA) is 65.2 Å². The van der Waals surface area contributed by atoms with Gasteiger partial charge < -0.3 is 13.3 Å². The predicted molar refractivity (Wildman–Crippen MR) is 32.0 cm³/mol. The quantitative estimate of drug-likeness (QED) is 0.176. The van der Waals surface area contributed by atoms with Crippen LogP contribution in [0.2, 0.25) is 0 Å². The Morgan fingerprint density at radius 1 is 1.00 bits per heavy atom. The predicted octanol–water partition coefficient (Wildman–Crippen LogP) is -5.08. The second kappa shape index (κ2) is 9.94. The molecule has 0 amide bonds. The van der Waals surface area contributed by atoms with Gasteiger partial charge in [-0.3, -0.25) is 0 Å². The van der Waals surface area contributed by atoms with Crippen molar-refractivity contribution in [3.63, 3.8) is 0 Å². The third-order valence-electron chi connectivity index (χ3n) is 0.824. The van der Waals surface area contributed by atoms with Crippen molar-refractivity contribution in [2.24, 2.45) is 10.3 Å². The fourth-order valence-corrected chi connectivity index (χ4v) is 0.145. The normalized spacial score (nSPS) is 11.4. The second-order valence-corrected chi connectivity index (χ2v) is 1.37. The van der Waals surface area contributed by atoms with Gasteiger partial charge in [-0.05, 0) is 13.8 Å². The Balaban J connectivity index is -0.0000000408. The molecule has 0 rings (SSSR count). The Bertz CT molecular complexity index is 127. The van der Waals surface area contributed by atoms with Crippen LogP contribution >= 0.6 is 0 Å². The number of rotatable bonds is 1. The van der Waals surface area contributed by atoms with E-state index in [1.807, 2.05) is 0 Å². The Kier molecular flexibility index (Phi) is 17.0. The van der Waals surface area contributed by atoms with E-state index in [1.54, 1.807) is 0 Å². The average Bonchev–Trinajstić information content (AvgIpc) is 1.84. The zero-order valence-corrected chi connectivity index (χ0v) is 10.8. The molecule has 0 aromatic heterocycles. The van der Waals surface area contributed by atoms with E-state index in [9.17, 15) is 0 Å². The molecular formula is C4H10N2Na2O2. The summed E-state index contributed by atoms with van der Waals surface area (Å²) in [6.07, 6.45) is 0. The Morgan fingerprint density at radius 3 is 1.30 bits per heavy atom. The molecule has 0 radical (unpaired) electrons. The van der Waals surface area contributed by atoms with Gasteiger partial charge in [0.05, 0.1) is 0 Å². The maximum Gasteiger partial charge on any atom is 1.00 e. The van der Waals surface area contributed by atoms with Crippen molar-refractivity contribution in [1.82, 2.24) is 0 Å². The van der Waals surface area contributed by atoms with Crippen LogP contribution in [0.15, 0.2) is 10.3 Å². The van der Waals surface area contributed by atoms with Crippen LogP contribution in [-0.2, 0) is 0 Å². The van der Waals surface area contributed by atoms with Crippen LogP contribution < -0.4 is 59.1 Å². The minimum atomic E-state index is 0. The van der Waals surface area contributed by atoms with Crippen LogP contribution in [0, 0.1) is 0 Å². The van der Waals surface area contributed by atoms with Crippen molar-refractivity contribution >= 4 is 11.4 Å². The molecule has 0 saturated heterocycles. The van der Waals surface area contributed by atoms with Crippen LogP contribution in [0.25, 0.3) is 0 Å².